The van der Waals surface area contributed by atoms with Crippen molar-refractivity contribution >= 4 is 54.5 Å². The molecule has 10 rings (SSSR count). The monoisotopic (exact) mass is 625 g/mol. The van der Waals surface area contributed by atoms with E-state index in [2.05, 4.69) is 121 Å². The van der Waals surface area contributed by atoms with Gasteiger partial charge < -0.3 is 4.42 Å². The average Bonchev–Trinajstić information content (AvgIpc) is 3.58. The number of fused-ring (bicyclic) bond motifs is 8. The van der Waals surface area contributed by atoms with Gasteiger partial charge in [-0.05, 0) is 28.6 Å². The Morgan fingerprint density at radius 3 is 1.76 bits per heavy atom. The first-order valence-electron chi connectivity index (χ1n) is 16.4. The zero-order valence-corrected chi connectivity index (χ0v) is 26.3. The molecule has 228 valence electrons. The summed E-state index contributed by atoms with van der Waals surface area (Å²) in [7, 11) is 0. The lowest BCUT2D eigenvalue weighted by Crippen LogP contribution is -1.95. The highest BCUT2D eigenvalue weighted by molar-refractivity contribution is 6.24. The van der Waals surface area contributed by atoms with Crippen LogP contribution in [-0.2, 0) is 0 Å². The van der Waals surface area contributed by atoms with E-state index in [1.807, 2.05) is 42.5 Å². The summed E-state index contributed by atoms with van der Waals surface area (Å²) in [4.78, 5) is 15.2. The number of pyridine rings is 1. The molecule has 0 radical (unpaired) electrons. The Morgan fingerprint density at radius 1 is 0.367 bits per heavy atom. The Hall–Kier alpha value is -6.65. The molecular weight excluding hydrogens is 599 g/mol. The Morgan fingerprint density at radius 2 is 0.980 bits per heavy atom. The van der Waals surface area contributed by atoms with Gasteiger partial charge in [-0.15, -0.1) is 0 Å². The average molecular weight is 626 g/mol. The molecule has 49 heavy (non-hydrogen) atoms. The first-order valence-corrected chi connectivity index (χ1v) is 16.4. The molecule has 0 amide bonds. The van der Waals surface area contributed by atoms with E-state index in [4.69, 9.17) is 19.4 Å². The van der Waals surface area contributed by atoms with Crippen LogP contribution in [0.3, 0.4) is 0 Å². The standard InChI is InChI=1S/C45H27N3O/c1-2-11-33(12-3-1)45-46-38-16-8-6-14-35(38)41(48-45)31-22-18-28(19-23-31)29-20-24-32(25-21-29)42-44-40(36-15-7-9-17-39(36)49-44)37-27-26-30-10-4-5-13-34(30)43(37)47-42/h1-27H. The number of para-hydroxylation sites is 2. The highest BCUT2D eigenvalue weighted by Crippen LogP contribution is 2.41. The van der Waals surface area contributed by atoms with E-state index in [-0.39, 0.29) is 0 Å². The molecule has 3 heterocycles. The molecule has 0 aliphatic carbocycles. The van der Waals surface area contributed by atoms with E-state index in [9.17, 15) is 0 Å². The molecule has 0 saturated carbocycles. The minimum absolute atomic E-state index is 0.725. The van der Waals surface area contributed by atoms with Crippen molar-refractivity contribution in [1.29, 1.82) is 0 Å². The molecule has 0 atom stereocenters. The molecule has 0 aliphatic heterocycles. The number of benzene rings is 7. The Kier molecular flexibility index (Phi) is 6.15. The van der Waals surface area contributed by atoms with Crippen molar-refractivity contribution in [3.8, 4) is 45.0 Å². The third kappa shape index (κ3) is 4.49. The molecule has 0 fully saturated rings. The fraction of sp³-hybridized carbons (Fsp3) is 0. The van der Waals surface area contributed by atoms with Crippen molar-refractivity contribution in [3.63, 3.8) is 0 Å². The molecule has 0 aliphatic rings. The van der Waals surface area contributed by atoms with Gasteiger partial charge in [0.15, 0.2) is 11.4 Å². The van der Waals surface area contributed by atoms with Gasteiger partial charge in [-0.25, -0.2) is 15.0 Å². The van der Waals surface area contributed by atoms with E-state index in [0.29, 0.717) is 0 Å². The zero-order valence-electron chi connectivity index (χ0n) is 26.3. The van der Waals surface area contributed by atoms with Gasteiger partial charge in [-0.2, -0.15) is 0 Å². The van der Waals surface area contributed by atoms with Gasteiger partial charge in [0.2, 0.25) is 0 Å². The second-order valence-electron chi connectivity index (χ2n) is 12.4. The first-order chi connectivity index (χ1) is 24.3. The summed E-state index contributed by atoms with van der Waals surface area (Å²) >= 11 is 0. The fourth-order valence-corrected chi connectivity index (χ4v) is 7.07. The van der Waals surface area contributed by atoms with Crippen molar-refractivity contribution in [2.75, 3.05) is 0 Å². The summed E-state index contributed by atoms with van der Waals surface area (Å²) in [6.07, 6.45) is 0. The van der Waals surface area contributed by atoms with Gasteiger partial charge >= 0.3 is 0 Å². The van der Waals surface area contributed by atoms with Crippen molar-refractivity contribution in [1.82, 2.24) is 15.0 Å². The lowest BCUT2D eigenvalue weighted by molar-refractivity contribution is 0.669. The molecule has 0 saturated heterocycles. The van der Waals surface area contributed by atoms with Gasteiger partial charge in [0.05, 0.1) is 16.7 Å². The van der Waals surface area contributed by atoms with E-state index < -0.39 is 0 Å². The molecule has 10 aromatic rings. The molecule has 7 aromatic carbocycles. The van der Waals surface area contributed by atoms with E-state index in [0.717, 1.165) is 94.2 Å². The quantitative estimate of drug-likeness (QED) is 0.183. The Labute approximate surface area is 282 Å². The lowest BCUT2D eigenvalue weighted by atomic mass is 9.97. The third-order valence-electron chi connectivity index (χ3n) is 9.49. The van der Waals surface area contributed by atoms with E-state index in [1.54, 1.807) is 0 Å². The number of furan rings is 1. The highest BCUT2D eigenvalue weighted by Gasteiger charge is 2.19. The summed E-state index contributed by atoms with van der Waals surface area (Å²) in [5.41, 5.74) is 10.7. The number of hydrogen-bond donors (Lipinski definition) is 0. The lowest BCUT2D eigenvalue weighted by Gasteiger charge is -2.11. The zero-order chi connectivity index (χ0) is 32.3. The van der Waals surface area contributed by atoms with Crippen LogP contribution in [0, 0.1) is 0 Å². The van der Waals surface area contributed by atoms with Crippen LogP contribution < -0.4 is 0 Å². The summed E-state index contributed by atoms with van der Waals surface area (Å²) in [6.45, 7) is 0. The maximum atomic E-state index is 6.52. The van der Waals surface area contributed by atoms with Crippen molar-refractivity contribution in [3.05, 3.63) is 164 Å². The van der Waals surface area contributed by atoms with Crippen LogP contribution in [0.4, 0.5) is 0 Å². The topological polar surface area (TPSA) is 51.8 Å². The van der Waals surface area contributed by atoms with Crippen LogP contribution in [0.25, 0.3) is 99.5 Å². The fourth-order valence-electron chi connectivity index (χ4n) is 7.07. The van der Waals surface area contributed by atoms with Gasteiger partial charge in [0.1, 0.15) is 11.3 Å². The minimum Gasteiger partial charge on any atom is -0.454 e. The van der Waals surface area contributed by atoms with Crippen molar-refractivity contribution < 1.29 is 4.42 Å². The molecular formula is C45H27N3O. The smallest absolute Gasteiger partial charge is 0.162 e. The van der Waals surface area contributed by atoms with E-state index in [1.165, 1.54) is 5.39 Å². The van der Waals surface area contributed by atoms with E-state index >= 15 is 0 Å². The van der Waals surface area contributed by atoms with Crippen LogP contribution >= 0.6 is 0 Å². The summed E-state index contributed by atoms with van der Waals surface area (Å²) in [5, 5.41) is 6.65. The predicted octanol–water partition coefficient (Wildman–Crippen LogP) is 11.9. The molecule has 0 bridgehead atoms. The molecule has 4 heteroatoms. The Bertz CT molecular complexity index is 2860. The van der Waals surface area contributed by atoms with Crippen LogP contribution in [0.15, 0.2) is 168 Å². The number of nitrogens with zero attached hydrogens (tertiary/aromatic N) is 3. The second kappa shape index (κ2) is 11.0. The SMILES string of the molecule is c1ccc(-c2nc(-c3ccc(-c4ccc(-c5nc6c7ccccc7ccc6c6c5oc5ccccc56)cc4)cc3)c3ccccc3n2)cc1. The summed E-state index contributed by atoms with van der Waals surface area (Å²) in [5.74, 6) is 0.725. The summed E-state index contributed by atoms with van der Waals surface area (Å²) in [6, 6.07) is 56.7. The predicted molar refractivity (Wildman–Crippen MR) is 201 cm³/mol. The summed E-state index contributed by atoms with van der Waals surface area (Å²) < 4.78 is 6.52. The molecule has 0 spiro atoms. The molecule has 0 N–H and O–H groups in total. The number of aromatic nitrogens is 3. The van der Waals surface area contributed by atoms with Gasteiger partial charge in [0, 0.05) is 43.6 Å². The van der Waals surface area contributed by atoms with Crippen LogP contribution in [0.5, 0.6) is 0 Å². The minimum atomic E-state index is 0.725. The second-order valence-corrected chi connectivity index (χ2v) is 12.4. The van der Waals surface area contributed by atoms with Gasteiger partial charge in [-0.3, -0.25) is 0 Å². The van der Waals surface area contributed by atoms with Crippen molar-refractivity contribution in [2.24, 2.45) is 0 Å². The van der Waals surface area contributed by atoms with Gasteiger partial charge in [-0.1, -0.05) is 152 Å². The molecule has 4 nitrogen and oxygen atoms in total. The molecule has 0 unspecified atom stereocenters. The third-order valence-corrected chi connectivity index (χ3v) is 9.49. The maximum absolute atomic E-state index is 6.52. The van der Waals surface area contributed by atoms with Gasteiger partial charge in [0.25, 0.3) is 0 Å². The maximum Gasteiger partial charge on any atom is 0.162 e. The van der Waals surface area contributed by atoms with Crippen LogP contribution in [0.1, 0.15) is 0 Å². The normalized spacial score (nSPS) is 11.7. The Balaban J connectivity index is 1.06. The number of hydrogen-bond acceptors (Lipinski definition) is 4. The number of rotatable bonds is 4. The van der Waals surface area contributed by atoms with Crippen LogP contribution in [0.2, 0.25) is 0 Å². The van der Waals surface area contributed by atoms with Crippen LogP contribution in [-0.4, -0.2) is 15.0 Å². The largest absolute Gasteiger partial charge is 0.454 e. The first kappa shape index (κ1) is 27.5. The van der Waals surface area contributed by atoms with Crippen molar-refractivity contribution in [2.45, 2.75) is 0 Å². The highest BCUT2D eigenvalue weighted by atomic mass is 16.3. The molecule has 3 aromatic heterocycles.